The van der Waals surface area contributed by atoms with E-state index >= 15 is 0 Å². The third kappa shape index (κ3) is 5.05. The number of allylic oxidation sites excluding steroid dienone is 2. The highest BCUT2D eigenvalue weighted by atomic mass is 19.1. The predicted molar refractivity (Wildman–Crippen MR) is 154 cm³/mol. The number of aromatic nitrogens is 1. The number of nitrogens with two attached hydrogens (primary N) is 1. The molecule has 0 bridgehead atoms. The smallest absolute Gasteiger partial charge is 0.124 e. The van der Waals surface area contributed by atoms with Gasteiger partial charge in [-0.05, 0) is 80.1 Å². The largest absolute Gasteiger partial charge is 0.370 e. The fraction of sp³-hybridized carbons (Fsp3) is 0.344. The molecule has 3 aromatic rings. The van der Waals surface area contributed by atoms with Crippen molar-refractivity contribution in [3.05, 3.63) is 89.9 Å². The SMILES string of the molecule is C=C(C)C1C=CC=C(c2ccc3ncc(-c4cc(C)cc(F)c4)c(N4CCC(N)CC4)c3c2)N1CCC. The van der Waals surface area contributed by atoms with E-state index in [9.17, 15) is 4.39 Å². The highest BCUT2D eigenvalue weighted by Gasteiger charge is 2.25. The van der Waals surface area contributed by atoms with Gasteiger partial charge in [-0.25, -0.2) is 4.39 Å². The number of hydrogen-bond donors (Lipinski definition) is 1. The van der Waals surface area contributed by atoms with Crippen LogP contribution in [0.3, 0.4) is 0 Å². The number of benzene rings is 2. The summed E-state index contributed by atoms with van der Waals surface area (Å²) in [4.78, 5) is 9.70. The van der Waals surface area contributed by atoms with Gasteiger partial charge in [0.15, 0.2) is 0 Å². The Morgan fingerprint density at radius 1 is 1.14 bits per heavy atom. The Morgan fingerprint density at radius 3 is 2.62 bits per heavy atom. The molecule has 2 aromatic carbocycles. The molecule has 2 aliphatic rings. The zero-order chi connectivity index (χ0) is 26.1. The molecule has 37 heavy (non-hydrogen) atoms. The molecule has 192 valence electrons. The maximum Gasteiger partial charge on any atom is 0.124 e. The zero-order valence-electron chi connectivity index (χ0n) is 22.2. The highest BCUT2D eigenvalue weighted by Crippen LogP contribution is 2.40. The Morgan fingerprint density at radius 2 is 1.92 bits per heavy atom. The summed E-state index contributed by atoms with van der Waals surface area (Å²) >= 11 is 0. The van der Waals surface area contributed by atoms with E-state index < -0.39 is 0 Å². The number of hydrogen-bond acceptors (Lipinski definition) is 4. The molecular weight excluding hydrogens is 459 g/mol. The number of rotatable bonds is 6. The minimum atomic E-state index is -0.226. The molecule has 0 radical (unpaired) electrons. The van der Waals surface area contributed by atoms with Crippen LogP contribution in [0.15, 0.2) is 73.0 Å². The van der Waals surface area contributed by atoms with E-state index in [0.717, 1.165) is 83.3 Å². The summed E-state index contributed by atoms with van der Waals surface area (Å²) in [5.74, 6) is -0.226. The van der Waals surface area contributed by atoms with Crippen LogP contribution in [0.1, 0.15) is 44.2 Å². The number of piperidine rings is 1. The molecule has 1 atom stereocenters. The maximum atomic E-state index is 14.5. The van der Waals surface area contributed by atoms with Crippen molar-refractivity contribution in [2.45, 2.75) is 52.1 Å². The minimum Gasteiger partial charge on any atom is -0.370 e. The summed E-state index contributed by atoms with van der Waals surface area (Å²) < 4.78 is 14.5. The summed E-state index contributed by atoms with van der Waals surface area (Å²) in [6, 6.07) is 12.2. The van der Waals surface area contributed by atoms with Crippen LogP contribution < -0.4 is 10.6 Å². The molecule has 2 aliphatic heterocycles. The lowest BCUT2D eigenvalue weighted by Gasteiger charge is -2.37. The van der Waals surface area contributed by atoms with Crippen molar-refractivity contribution < 1.29 is 4.39 Å². The van der Waals surface area contributed by atoms with Crippen LogP contribution in [0.25, 0.3) is 27.7 Å². The second-order valence-corrected chi connectivity index (χ2v) is 10.5. The van der Waals surface area contributed by atoms with Gasteiger partial charge >= 0.3 is 0 Å². The molecule has 0 aliphatic carbocycles. The van der Waals surface area contributed by atoms with Crippen molar-refractivity contribution in [2.75, 3.05) is 24.5 Å². The van der Waals surface area contributed by atoms with Gasteiger partial charge in [0, 0.05) is 48.5 Å². The Kier molecular flexibility index (Phi) is 7.16. The molecule has 1 saturated heterocycles. The van der Waals surface area contributed by atoms with Crippen molar-refractivity contribution in [3.8, 4) is 11.1 Å². The predicted octanol–water partition coefficient (Wildman–Crippen LogP) is 6.84. The Balaban J connectivity index is 1.70. The molecule has 0 amide bonds. The lowest BCUT2D eigenvalue weighted by atomic mass is 9.95. The Hall–Kier alpha value is -3.44. The zero-order valence-corrected chi connectivity index (χ0v) is 22.2. The van der Waals surface area contributed by atoms with Gasteiger partial charge in [0.2, 0.25) is 0 Å². The van der Waals surface area contributed by atoms with Gasteiger partial charge in [0.05, 0.1) is 17.2 Å². The van der Waals surface area contributed by atoms with E-state index in [2.05, 4.69) is 66.7 Å². The normalized spacial score (nSPS) is 18.4. The first-order valence-corrected chi connectivity index (χ1v) is 13.4. The molecule has 0 saturated carbocycles. The summed E-state index contributed by atoms with van der Waals surface area (Å²) in [6.07, 6.45) is 11.4. The third-order valence-electron chi connectivity index (χ3n) is 7.51. The first-order valence-electron chi connectivity index (χ1n) is 13.4. The fourth-order valence-electron chi connectivity index (χ4n) is 5.70. The number of aryl methyl sites for hydroxylation is 1. The lowest BCUT2D eigenvalue weighted by Crippen LogP contribution is -2.40. The van der Waals surface area contributed by atoms with Gasteiger partial charge in [-0.1, -0.05) is 43.4 Å². The van der Waals surface area contributed by atoms with Gasteiger partial charge in [-0.15, -0.1) is 0 Å². The molecule has 1 unspecified atom stereocenters. The number of nitrogens with zero attached hydrogens (tertiary/aromatic N) is 3. The molecule has 3 heterocycles. The number of fused-ring (bicyclic) bond motifs is 1. The Labute approximate surface area is 220 Å². The number of halogens is 1. The summed E-state index contributed by atoms with van der Waals surface area (Å²) in [6.45, 7) is 13.2. The number of anilines is 1. The minimum absolute atomic E-state index is 0.179. The average molecular weight is 497 g/mol. The monoisotopic (exact) mass is 496 g/mol. The first kappa shape index (κ1) is 25.2. The fourth-order valence-corrected chi connectivity index (χ4v) is 5.70. The van der Waals surface area contributed by atoms with Crippen LogP contribution in [0, 0.1) is 12.7 Å². The molecule has 0 spiro atoms. The summed E-state index contributed by atoms with van der Waals surface area (Å²) in [5.41, 5.74) is 14.5. The van der Waals surface area contributed by atoms with Crippen LogP contribution in [-0.4, -0.2) is 41.6 Å². The van der Waals surface area contributed by atoms with Gasteiger partial charge in [-0.3, -0.25) is 4.98 Å². The molecule has 4 nitrogen and oxygen atoms in total. The van der Waals surface area contributed by atoms with Crippen molar-refractivity contribution in [3.63, 3.8) is 0 Å². The average Bonchev–Trinajstić information content (AvgIpc) is 2.88. The van der Waals surface area contributed by atoms with Gasteiger partial charge < -0.3 is 15.5 Å². The van der Waals surface area contributed by atoms with E-state index in [0.29, 0.717) is 0 Å². The van der Waals surface area contributed by atoms with E-state index in [-0.39, 0.29) is 17.9 Å². The molecular formula is C32H37FN4. The van der Waals surface area contributed by atoms with Crippen LogP contribution >= 0.6 is 0 Å². The second kappa shape index (κ2) is 10.5. The second-order valence-electron chi connectivity index (χ2n) is 10.5. The molecule has 5 heteroatoms. The van der Waals surface area contributed by atoms with Crippen molar-refractivity contribution in [1.82, 2.24) is 9.88 Å². The molecule has 5 rings (SSSR count). The van der Waals surface area contributed by atoms with Crippen molar-refractivity contribution in [2.24, 2.45) is 5.73 Å². The van der Waals surface area contributed by atoms with Crippen molar-refractivity contribution in [1.29, 1.82) is 0 Å². The van der Waals surface area contributed by atoms with Gasteiger partial charge in [-0.2, -0.15) is 0 Å². The van der Waals surface area contributed by atoms with Gasteiger partial charge in [0.25, 0.3) is 0 Å². The third-order valence-corrected chi connectivity index (χ3v) is 7.51. The summed E-state index contributed by atoms with van der Waals surface area (Å²) in [7, 11) is 0. The van der Waals surface area contributed by atoms with Gasteiger partial charge in [0.1, 0.15) is 5.82 Å². The van der Waals surface area contributed by atoms with E-state index in [1.807, 2.05) is 19.2 Å². The molecule has 2 N–H and O–H groups in total. The topological polar surface area (TPSA) is 45.4 Å². The Bertz CT molecular complexity index is 1360. The van der Waals surface area contributed by atoms with E-state index in [1.165, 1.54) is 5.70 Å². The maximum absolute atomic E-state index is 14.5. The standard InChI is InChI=1S/C32H37FN4/c1-5-13-37-30(21(2)3)7-6-8-31(37)23-9-10-29-27(19-23)32(36-14-11-26(34)12-15-36)28(20-35-29)24-16-22(4)17-25(33)18-24/h6-10,16-20,26,30H,2,5,11-15,34H2,1,3-4H3. The van der Waals surface area contributed by atoms with E-state index in [4.69, 9.17) is 10.7 Å². The van der Waals surface area contributed by atoms with Crippen LogP contribution in [-0.2, 0) is 0 Å². The first-order chi connectivity index (χ1) is 17.9. The molecule has 1 aromatic heterocycles. The highest BCUT2D eigenvalue weighted by molar-refractivity contribution is 6.01. The lowest BCUT2D eigenvalue weighted by molar-refractivity contribution is 0.366. The quantitative estimate of drug-likeness (QED) is 0.379. The molecule has 1 fully saturated rings. The summed E-state index contributed by atoms with van der Waals surface area (Å²) in [5, 5.41) is 1.09. The number of pyridine rings is 1. The van der Waals surface area contributed by atoms with Crippen LogP contribution in [0.2, 0.25) is 0 Å². The van der Waals surface area contributed by atoms with Crippen LogP contribution in [0.5, 0.6) is 0 Å². The van der Waals surface area contributed by atoms with Crippen molar-refractivity contribution >= 4 is 22.3 Å². The van der Waals surface area contributed by atoms with Crippen LogP contribution in [0.4, 0.5) is 10.1 Å². The van der Waals surface area contributed by atoms with E-state index in [1.54, 1.807) is 12.1 Å².